The molecule has 0 bridgehead atoms. The van der Waals surface area contributed by atoms with E-state index >= 15 is 0 Å². The van der Waals surface area contributed by atoms with Crippen molar-refractivity contribution in [3.8, 4) is 23.1 Å². The summed E-state index contributed by atoms with van der Waals surface area (Å²) in [6.07, 6.45) is 1.30. The van der Waals surface area contributed by atoms with Crippen molar-refractivity contribution in [2.75, 3.05) is 13.6 Å². The Kier molecular flexibility index (Phi) is 8.08. The second-order valence-corrected chi connectivity index (χ2v) is 9.08. The average molecular weight is 479 g/mol. The van der Waals surface area contributed by atoms with Gasteiger partial charge in [0.15, 0.2) is 0 Å². The lowest BCUT2D eigenvalue weighted by molar-refractivity contribution is 0.0278. The Morgan fingerprint density at radius 3 is 2.56 bits per heavy atom. The molecule has 0 fully saturated rings. The lowest BCUT2D eigenvalue weighted by atomic mass is 10.0. The van der Waals surface area contributed by atoms with Gasteiger partial charge in [0.2, 0.25) is 5.28 Å². The van der Waals surface area contributed by atoms with E-state index in [1.54, 1.807) is 31.4 Å². The maximum atomic E-state index is 12.4. The van der Waals surface area contributed by atoms with E-state index in [0.29, 0.717) is 30.0 Å². The van der Waals surface area contributed by atoms with Gasteiger partial charge in [-0.05, 0) is 62.2 Å². The topological polar surface area (TPSA) is 88.3 Å². The van der Waals surface area contributed by atoms with Crippen LogP contribution < -0.4 is 4.74 Å². The van der Waals surface area contributed by atoms with E-state index in [2.05, 4.69) is 16.0 Å². The summed E-state index contributed by atoms with van der Waals surface area (Å²) in [6, 6.07) is 18.9. The fraction of sp³-hybridized carbons (Fsp3) is 0.308. The summed E-state index contributed by atoms with van der Waals surface area (Å²) in [5, 5.41) is 9.90. The third-order valence-corrected chi connectivity index (χ3v) is 5.08. The average Bonchev–Trinajstić information content (AvgIpc) is 2.81. The first kappa shape index (κ1) is 25.0. The molecule has 176 valence electrons. The predicted molar refractivity (Wildman–Crippen MR) is 130 cm³/mol. The maximum absolute atomic E-state index is 12.4. The minimum Gasteiger partial charge on any atom is -0.484 e. The highest BCUT2D eigenvalue weighted by molar-refractivity contribution is 6.28. The molecule has 8 heteroatoms. The molecule has 1 unspecified atom stereocenters. The van der Waals surface area contributed by atoms with E-state index in [1.807, 2.05) is 57.2 Å². The first-order valence-electron chi connectivity index (χ1n) is 10.8. The lowest BCUT2D eigenvalue weighted by Crippen LogP contribution is -2.35. The molecule has 7 nitrogen and oxygen atoms in total. The van der Waals surface area contributed by atoms with Gasteiger partial charge in [-0.15, -0.1) is 0 Å². The fourth-order valence-corrected chi connectivity index (χ4v) is 3.38. The van der Waals surface area contributed by atoms with Crippen LogP contribution in [0.4, 0.5) is 4.79 Å². The second-order valence-electron chi connectivity index (χ2n) is 8.74. The van der Waals surface area contributed by atoms with Crippen molar-refractivity contribution in [3.05, 3.63) is 77.2 Å². The van der Waals surface area contributed by atoms with Gasteiger partial charge in [-0.2, -0.15) is 5.26 Å². The Balaban J connectivity index is 1.81. The summed E-state index contributed by atoms with van der Waals surface area (Å²) < 4.78 is 11.7. The molecular weight excluding hydrogens is 452 g/mol. The molecule has 3 aromatic rings. The van der Waals surface area contributed by atoms with Crippen molar-refractivity contribution >= 4 is 17.7 Å². The molecule has 0 saturated carbocycles. The first-order chi connectivity index (χ1) is 16.2. The number of benzene rings is 2. The van der Waals surface area contributed by atoms with Gasteiger partial charge in [0.25, 0.3) is 0 Å². The van der Waals surface area contributed by atoms with Gasteiger partial charge < -0.3 is 14.4 Å². The normalized spacial score (nSPS) is 11.9. The summed E-state index contributed by atoms with van der Waals surface area (Å²) in [7, 11) is 1.69. The Bertz CT molecular complexity index is 1170. The van der Waals surface area contributed by atoms with Gasteiger partial charge in [-0.25, -0.2) is 14.8 Å². The molecule has 0 aliphatic carbocycles. The third-order valence-electron chi connectivity index (χ3n) is 4.89. The smallest absolute Gasteiger partial charge is 0.410 e. The number of rotatable bonds is 7. The molecule has 1 heterocycles. The highest BCUT2D eigenvalue weighted by Crippen LogP contribution is 2.31. The molecular formula is C26H27ClN4O3. The van der Waals surface area contributed by atoms with Gasteiger partial charge in [-0.3, -0.25) is 0 Å². The van der Waals surface area contributed by atoms with E-state index in [9.17, 15) is 10.1 Å². The largest absolute Gasteiger partial charge is 0.484 e. The Morgan fingerprint density at radius 1 is 1.18 bits per heavy atom. The number of hydrogen-bond donors (Lipinski definition) is 0. The molecule has 1 amide bonds. The number of aromatic nitrogens is 2. The highest BCUT2D eigenvalue weighted by atomic mass is 35.5. The monoisotopic (exact) mass is 478 g/mol. The van der Waals surface area contributed by atoms with E-state index in [1.165, 1.54) is 4.90 Å². The Labute approximate surface area is 204 Å². The van der Waals surface area contributed by atoms with Crippen molar-refractivity contribution in [1.82, 2.24) is 14.9 Å². The summed E-state index contributed by atoms with van der Waals surface area (Å²) >= 11 is 5.91. The zero-order valence-corrected chi connectivity index (χ0v) is 20.4. The maximum Gasteiger partial charge on any atom is 0.410 e. The molecule has 0 N–H and O–H groups in total. The summed E-state index contributed by atoms with van der Waals surface area (Å²) in [4.78, 5) is 22.0. The number of ether oxygens (including phenoxy) is 2. The molecule has 0 radical (unpaired) electrons. The molecule has 0 aliphatic rings. The molecule has 2 aromatic carbocycles. The first-order valence-corrected chi connectivity index (χ1v) is 11.2. The number of hydrogen-bond acceptors (Lipinski definition) is 6. The number of carbonyl (C=O) groups excluding carboxylic acids is 1. The van der Waals surface area contributed by atoms with Crippen molar-refractivity contribution < 1.29 is 14.3 Å². The Morgan fingerprint density at radius 2 is 1.91 bits per heavy atom. The van der Waals surface area contributed by atoms with Crippen LogP contribution in [0.15, 0.2) is 60.8 Å². The van der Waals surface area contributed by atoms with Gasteiger partial charge in [0.05, 0.1) is 11.3 Å². The van der Waals surface area contributed by atoms with Crippen molar-refractivity contribution in [1.29, 1.82) is 5.26 Å². The van der Waals surface area contributed by atoms with Crippen molar-refractivity contribution in [2.45, 2.75) is 38.9 Å². The standard InChI is InChI=1S/C26H27ClN4O3/c1-26(2,3)34-25(32)31(4)15-13-23(18-8-6-5-7-9-18)33-22-11-10-19(16-20(22)17-28)21-12-14-29-24(27)30-21/h5-12,14,16,23H,13,15H2,1-4H3. The van der Waals surface area contributed by atoms with E-state index in [4.69, 9.17) is 21.1 Å². The quantitative estimate of drug-likeness (QED) is 0.384. The van der Waals surface area contributed by atoms with Crippen LogP contribution in [0, 0.1) is 11.3 Å². The molecule has 1 aromatic heterocycles. The molecule has 0 saturated heterocycles. The SMILES string of the molecule is CN(CCC(Oc1ccc(-c2ccnc(Cl)n2)cc1C#N)c1ccccc1)C(=O)OC(C)(C)C. The minimum atomic E-state index is -0.571. The van der Waals surface area contributed by atoms with Crippen LogP contribution in [-0.4, -0.2) is 40.2 Å². The number of halogens is 1. The molecule has 0 spiro atoms. The van der Waals surface area contributed by atoms with Gasteiger partial charge >= 0.3 is 6.09 Å². The summed E-state index contributed by atoms with van der Waals surface area (Å²) in [6.45, 7) is 5.90. The van der Waals surface area contributed by atoms with Crippen molar-refractivity contribution in [2.24, 2.45) is 0 Å². The number of nitrogens with zero attached hydrogens (tertiary/aromatic N) is 4. The zero-order valence-electron chi connectivity index (χ0n) is 19.7. The second kappa shape index (κ2) is 11.0. The number of nitriles is 1. The van der Waals surface area contributed by atoms with Crippen LogP contribution in [0.3, 0.4) is 0 Å². The van der Waals surface area contributed by atoms with Crippen LogP contribution in [0.5, 0.6) is 5.75 Å². The zero-order chi connectivity index (χ0) is 24.7. The predicted octanol–water partition coefficient (Wildman–Crippen LogP) is 6.05. The molecule has 3 rings (SSSR count). The number of amides is 1. The number of carbonyl (C=O) groups is 1. The summed E-state index contributed by atoms with van der Waals surface area (Å²) in [5.41, 5.74) is 2.08. The molecule has 34 heavy (non-hydrogen) atoms. The van der Waals surface area contributed by atoms with Gasteiger partial charge in [-0.1, -0.05) is 30.3 Å². The van der Waals surface area contributed by atoms with E-state index < -0.39 is 11.7 Å². The molecule has 1 atom stereocenters. The van der Waals surface area contributed by atoms with Crippen molar-refractivity contribution in [3.63, 3.8) is 0 Å². The fourth-order valence-electron chi connectivity index (χ4n) is 3.23. The summed E-state index contributed by atoms with van der Waals surface area (Å²) in [5.74, 6) is 0.445. The minimum absolute atomic E-state index is 0.134. The van der Waals surface area contributed by atoms with Crippen LogP contribution in [-0.2, 0) is 4.74 Å². The van der Waals surface area contributed by atoms with Crippen LogP contribution in [0.25, 0.3) is 11.3 Å². The Hall–Kier alpha value is -3.63. The van der Waals surface area contributed by atoms with Crippen LogP contribution in [0.1, 0.15) is 44.4 Å². The van der Waals surface area contributed by atoms with Gasteiger partial charge in [0, 0.05) is 31.8 Å². The van der Waals surface area contributed by atoms with Crippen LogP contribution >= 0.6 is 11.6 Å². The lowest BCUT2D eigenvalue weighted by Gasteiger charge is -2.26. The van der Waals surface area contributed by atoms with E-state index in [0.717, 1.165) is 11.1 Å². The van der Waals surface area contributed by atoms with Gasteiger partial charge in [0.1, 0.15) is 23.5 Å². The third kappa shape index (κ3) is 6.93. The molecule has 0 aliphatic heterocycles. The highest BCUT2D eigenvalue weighted by Gasteiger charge is 2.22. The van der Waals surface area contributed by atoms with E-state index in [-0.39, 0.29) is 11.4 Å². The van der Waals surface area contributed by atoms with Crippen LogP contribution in [0.2, 0.25) is 5.28 Å².